The Bertz CT molecular complexity index is 357. The molecule has 0 unspecified atom stereocenters. The summed E-state index contributed by atoms with van der Waals surface area (Å²) in [6, 6.07) is 0.566. The Hall–Kier alpha value is -0.120. The molecule has 1 saturated heterocycles. The molecule has 0 aromatic heterocycles. The maximum atomic E-state index is 5.45. The van der Waals surface area contributed by atoms with E-state index in [-0.39, 0.29) is 29.5 Å². The molecule has 0 saturated carbocycles. The zero-order valence-corrected chi connectivity index (χ0v) is 18.7. The van der Waals surface area contributed by atoms with Gasteiger partial charge in [-0.05, 0) is 41.7 Å². The van der Waals surface area contributed by atoms with Gasteiger partial charge >= 0.3 is 0 Å². The number of likely N-dealkylation sites (N-methyl/N-ethyl adjacent to an activating group) is 1. The predicted octanol–water partition coefficient (Wildman–Crippen LogP) is 1.61. The van der Waals surface area contributed by atoms with Crippen molar-refractivity contribution in [3.8, 4) is 0 Å². The third kappa shape index (κ3) is 8.82. The van der Waals surface area contributed by atoms with Crippen molar-refractivity contribution >= 4 is 29.9 Å². The second-order valence-electron chi connectivity index (χ2n) is 7.11. The number of hydrogen-bond donors (Lipinski definition) is 2. The summed E-state index contributed by atoms with van der Waals surface area (Å²) in [4.78, 5) is 9.59. The maximum Gasteiger partial charge on any atom is 0.191 e. The van der Waals surface area contributed by atoms with E-state index in [4.69, 9.17) is 9.73 Å². The molecule has 1 rings (SSSR count). The topological polar surface area (TPSA) is 52.1 Å². The summed E-state index contributed by atoms with van der Waals surface area (Å²) in [5.74, 6) is 0.908. The van der Waals surface area contributed by atoms with Crippen molar-refractivity contribution in [2.75, 3.05) is 59.5 Å². The van der Waals surface area contributed by atoms with Crippen LogP contribution in [0.2, 0.25) is 0 Å². The number of rotatable bonds is 8. The lowest BCUT2D eigenvalue weighted by atomic mass is 10.0. The van der Waals surface area contributed by atoms with Gasteiger partial charge in [0.2, 0.25) is 0 Å². The van der Waals surface area contributed by atoms with Crippen LogP contribution in [0.4, 0.5) is 0 Å². The van der Waals surface area contributed by atoms with Crippen LogP contribution in [0.3, 0.4) is 0 Å². The molecule has 7 heteroatoms. The smallest absolute Gasteiger partial charge is 0.191 e. The molecule has 0 atom stereocenters. The van der Waals surface area contributed by atoms with E-state index in [0.29, 0.717) is 6.04 Å². The highest BCUT2D eigenvalue weighted by atomic mass is 127. The molecule has 0 aliphatic carbocycles. The molecule has 0 bridgehead atoms. The van der Waals surface area contributed by atoms with Crippen molar-refractivity contribution in [3.63, 3.8) is 0 Å². The Labute approximate surface area is 165 Å². The van der Waals surface area contributed by atoms with Gasteiger partial charge < -0.3 is 20.3 Å². The second-order valence-corrected chi connectivity index (χ2v) is 7.11. The molecular formula is C17H38IN5O. The molecule has 6 nitrogen and oxygen atoms in total. The number of nitrogens with zero attached hydrogens (tertiary/aromatic N) is 3. The monoisotopic (exact) mass is 455 g/mol. The Morgan fingerprint density at radius 2 is 1.88 bits per heavy atom. The highest BCUT2D eigenvalue weighted by Crippen LogP contribution is 2.16. The Morgan fingerprint density at radius 1 is 1.25 bits per heavy atom. The average Bonchev–Trinajstić information content (AvgIpc) is 2.53. The van der Waals surface area contributed by atoms with Gasteiger partial charge in [-0.25, -0.2) is 0 Å². The van der Waals surface area contributed by atoms with Crippen LogP contribution in [0.15, 0.2) is 4.99 Å². The van der Waals surface area contributed by atoms with Gasteiger partial charge in [-0.15, -0.1) is 24.0 Å². The van der Waals surface area contributed by atoms with Gasteiger partial charge in [0.05, 0.1) is 19.8 Å². The first-order chi connectivity index (χ1) is 10.9. The standard InChI is InChI=1S/C17H37N5O.HI/c1-7-18-16(19-8-9-21(6)15(2)3)20-14-17(4,5)22-10-12-23-13-11-22;/h15H,7-14H2,1-6H3,(H2,18,19,20);1H. The summed E-state index contributed by atoms with van der Waals surface area (Å²) in [5.41, 5.74) is 0.0564. The largest absolute Gasteiger partial charge is 0.379 e. The molecule has 144 valence electrons. The van der Waals surface area contributed by atoms with Crippen molar-refractivity contribution in [2.24, 2.45) is 4.99 Å². The number of ether oxygens (including phenoxy) is 1. The number of morpholine rings is 1. The highest BCUT2D eigenvalue weighted by Gasteiger charge is 2.28. The van der Waals surface area contributed by atoms with E-state index in [9.17, 15) is 0 Å². The van der Waals surface area contributed by atoms with Crippen LogP contribution in [0.25, 0.3) is 0 Å². The van der Waals surface area contributed by atoms with Crippen molar-refractivity contribution in [1.82, 2.24) is 20.4 Å². The average molecular weight is 455 g/mol. The zero-order valence-electron chi connectivity index (χ0n) is 16.4. The molecule has 2 N–H and O–H groups in total. The second kappa shape index (κ2) is 12.3. The summed E-state index contributed by atoms with van der Waals surface area (Å²) in [6.45, 7) is 18.3. The fourth-order valence-electron chi connectivity index (χ4n) is 2.49. The first-order valence-corrected chi connectivity index (χ1v) is 8.92. The Morgan fingerprint density at radius 3 is 2.42 bits per heavy atom. The molecule has 0 amide bonds. The number of aliphatic imine (C=N–C) groups is 1. The van der Waals surface area contributed by atoms with Crippen LogP contribution in [0.5, 0.6) is 0 Å². The van der Waals surface area contributed by atoms with Gasteiger partial charge in [0, 0.05) is 44.3 Å². The van der Waals surface area contributed by atoms with Crippen LogP contribution < -0.4 is 10.6 Å². The van der Waals surface area contributed by atoms with Crippen molar-refractivity contribution in [1.29, 1.82) is 0 Å². The molecule has 1 heterocycles. The van der Waals surface area contributed by atoms with Crippen molar-refractivity contribution in [2.45, 2.75) is 46.2 Å². The maximum absolute atomic E-state index is 5.45. The van der Waals surface area contributed by atoms with E-state index in [1.54, 1.807) is 0 Å². The molecule has 0 aromatic rings. The SMILES string of the molecule is CCNC(=NCC(C)(C)N1CCOCC1)NCCN(C)C(C)C.I. The summed E-state index contributed by atoms with van der Waals surface area (Å²) in [5, 5.41) is 6.77. The van der Waals surface area contributed by atoms with Gasteiger partial charge in [0.1, 0.15) is 0 Å². The quantitative estimate of drug-likeness (QED) is 0.331. The lowest BCUT2D eigenvalue weighted by Crippen LogP contribution is -2.52. The van der Waals surface area contributed by atoms with Crippen LogP contribution in [-0.2, 0) is 4.74 Å². The Kier molecular flexibility index (Phi) is 12.2. The van der Waals surface area contributed by atoms with E-state index in [2.05, 4.69) is 62.1 Å². The third-order valence-electron chi connectivity index (χ3n) is 4.47. The third-order valence-corrected chi connectivity index (χ3v) is 4.47. The van der Waals surface area contributed by atoms with Crippen LogP contribution in [0.1, 0.15) is 34.6 Å². The van der Waals surface area contributed by atoms with Gasteiger partial charge in [-0.3, -0.25) is 9.89 Å². The van der Waals surface area contributed by atoms with Crippen molar-refractivity contribution in [3.05, 3.63) is 0 Å². The number of hydrogen-bond acceptors (Lipinski definition) is 4. The summed E-state index contributed by atoms with van der Waals surface area (Å²) in [7, 11) is 2.15. The van der Waals surface area contributed by atoms with Gasteiger partial charge in [0.25, 0.3) is 0 Å². The molecule has 0 aromatic carbocycles. The summed E-state index contributed by atoms with van der Waals surface area (Å²) >= 11 is 0. The predicted molar refractivity (Wildman–Crippen MR) is 114 cm³/mol. The minimum Gasteiger partial charge on any atom is -0.379 e. The summed E-state index contributed by atoms with van der Waals surface area (Å²) in [6.07, 6.45) is 0. The van der Waals surface area contributed by atoms with Crippen LogP contribution >= 0.6 is 24.0 Å². The van der Waals surface area contributed by atoms with E-state index < -0.39 is 0 Å². The molecule has 1 aliphatic rings. The summed E-state index contributed by atoms with van der Waals surface area (Å²) < 4.78 is 5.45. The number of halogens is 1. The molecule has 0 spiro atoms. The fourth-order valence-corrected chi connectivity index (χ4v) is 2.49. The van der Waals surface area contributed by atoms with E-state index in [1.165, 1.54) is 0 Å². The lowest BCUT2D eigenvalue weighted by Gasteiger charge is -2.39. The minimum absolute atomic E-state index is 0. The molecule has 24 heavy (non-hydrogen) atoms. The minimum atomic E-state index is 0. The number of nitrogens with one attached hydrogen (secondary N) is 2. The molecule has 1 aliphatic heterocycles. The zero-order chi connectivity index (χ0) is 17.3. The van der Waals surface area contributed by atoms with E-state index in [0.717, 1.165) is 58.4 Å². The molecule has 0 radical (unpaired) electrons. The van der Waals surface area contributed by atoms with Crippen LogP contribution in [0, 0.1) is 0 Å². The van der Waals surface area contributed by atoms with Crippen LogP contribution in [-0.4, -0.2) is 86.9 Å². The molecular weight excluding hydrogens is 417 g/mol. The highest BCUT2D eigenvalue weighted by molar-refractivity contribution is 14.0. The first kappa shape index (κ1) is 23.9. The van der Waals surface area contributed by atoms with Gasteiger partial charge in [0.15, 0.2) is 5.96 Å². The van der Waals surface area contributed by atoms with Crippen molar-refractivity contribution < 1.29 is 4.74 Å². The first-order valence-electron chi connectivity index (χ1n) is 8.92. The van der Waals surface area contributed by atoms with Gasteiger partial charge in [-0.1, -0.05) is 0 Å². The Balaban J connectivity index is 0.00000529. The fraction of sp³-hybridized carbons (Fsp3) is 0.941. The van der Waals surface area contributed by atoms with E-state index >= 15 is 0 Å². The normalized spacial score (nSPS) is 17.1. The van der Waals surface area contributed by atoms with E-state index in [1.807, 2.05) is 0 Å². The lowest BCUT2D eigenvalue weighted by molar-refractivity contribution is -0.00683. The molecule has 1 fully saturated rings. The van der Waals surface area contributed by atoms with Gasteiger partial charge in [-0.2, -0.15) is 0 Å². The number of guanidine groups is 1.